The first-order valence-corrected chi connectivity index (χ1v) is 14.6. The highest BCUT2D eigenvalue weighted by atomic mass is 32.2. The van der Waals surface area contributed by atoms with Gasteiger partial charge in [-0.3, -0.25) is 14.4 Å². The van der Waals surface area contributed by atoms with Crippen LogP contribution < -0.4 is 9.46 Å². The van der Waals surface area contributed by atoms with E-state index in [1.165, 1.54) is 32.1 Å². The number of methoxy groups -OCH3 is 1. The number of nitrogens with zero attached hydrogens (tertiary/aromatic N) is 2. The molecule has 1 N–H and O–H groups in total. The van der Waals surface area contributed by atoms with Gasteiger partial charge in [0.25, 0.3) is 5.91 Å². The van der Waals surface area contributed by atoms with Crippen molar-refractivity contribution in [2.45, 2.75) is 65.0 Å². The van der Waals surface area contributed by atoms with Crippen molar-refractivity contribution in [2.75, 3.05) is 50.9 Å². The molecule has 3 rings (SSSR count). The molecule has 1 fully saturated rings. The van der Waals surface area contributed by atoms with Crippen LogP contribution in [-0.4, -0.2) is 82.4 Å². The Balaban J connectivity index is 1.91. The molecule has 0 spiro atoms. The second-order valence-corrected chi connectivity index (χ2v) is 12.3. The molecule has 8 nitrogen and oxygen atoms in total. The number of carbonyl (C=O) groups is 1. The van der Waals surface area contributed by atoms with Crippen LogP contribution in [0, 0.1) is 11.8 Å². The number of hydrogen-bond donors (Lipinski definition) is 1. The van der Waals surface area contributed by atoms with Gasteiger partial charge in [0.15, 0.2) is 0 Å². The Kier molecular flexibility index (Phi) is 9.84. The third-order valence-corrected chi connectivity index (χ3v) is 8.75. The highest BCUT2D eigenvalue weighted by molar-refractivity contribution is 7.92. The summed E-state index contributed by atoms with van der Waals surface area (Å²) in [5.74, 6) is 1.13. The first-order chi connectivity index (χ1) is 16.6. The average Bonchev–Trinajstić information content (AvgIpc) is 2.85. The zero-order chi connectivity index (χ0) is 25.6. The van der Waals surface area contributed by atoms with Crippen molar-refractivity contribution in [1.82, 2.24) is 9.80 Å². The molecule has 0 saturated heterocycles. The Morgan fingerprint density at radius 3 is 2.51 bits per heavy atom. The van der Waals surface area contributed by atoms with Gasteiger partial charge in [0.2, 0.25) is 10.0 Å². The molecule has 1 aliphatic heterocycles. The minimum absolute atomic E-state index is 0.0455. The van der Waals surface area contributed by atoms with Crippen LogP contribution in [0.2, 0.25) is 0 Å². The number of sulfonamides is 1. The summed E-state index contributed by atoms with van der Waals surface area (Å²) in [4.78, 5) is 17.6. The Bertz CT molecular complexity index is 948. The molecule has 0 aromatic heterocycles. The van der Waals surface area contributed by atoms with Gasteiger partial charge in [-0.15, -0.1) is 0 Å². The van der Waals surface area contributed by atoms with Crippen LogP contribution in [0.25, 0.3) is 0 Å². The van der Waals surface area contributed by atoms with E-state index in [4.69, 9.17) is 9.47 Å². The molecule has 1 heterocycles. The molecule has 198 valence electrons. The molecule has 1 aromatic carbocycles. The van der Waals surface area contributed by atoms with Gasteiger partial charge in [-0.05, 0) is 56.7 Å². The maximum absolute atomic E-state index is 13.4. The molecule has 1 amide bonds. The van der Waals surface area contributed by atoms with Crippen molar-refractivity contribution in [1.29, 1.82) is 0 Å². The third kappa shape index (κ3) is 7.57. The largest absolute Gasteiger partial charge is 0.491 e. The monoisotopic (exact) mass is 509 g/mol. The molecule has 0 bridgehead atoms. The molecule has 2 aliphatic rings. The van der Waals surface area contributed by atoms with Crippen molar-refractivity contribution in [3.8, 4) is 5.75 Å². The summed E-state index contributed by atoms with van der Waals surface area (Å²) in [6.45, 7) is 8.75. The van der Waals surface area contributed by atoms with Crippen LogP contribution in [-0.2, 0) is 14.8 Å². The van der Waals surface area contributed by atoms with E-state index in [9.17, 15) is 13.2 Å². The lowest BCUT2D eigenvalue weighted by Crippen LogP contribution is -2.48. The molecule has 1 saturated carbocycles. The van der Waals surface area contributed by atoms with Gasteiger partial charge in [0.05, 0.1) is 17.4 Å². The Labute approximate surface area is 211 Å². The van der Waals surface area contributed by atoms with Gasteiger partial charge in [-0.1, -0.05) is 26.2 Å². The van der Waals surface area contributed by atoms with E-state index in [1.54, 1.807) is 44.2 Å². The SMILES string of the molecule is CCS(=O)(=O)Nc1ccc2c(c1)C(=O)N(C)C[C@H](OC)[C@H](C)CN(CC1CCCCC1)[C@H](C)CO2. The molecule has 1 aromatic rings. The summed E-state index contributed by atoms with van der Waals surface area (Å²) in [7, 11) is -0.00754. The fraction of sp³-hybridized carbons (Fsp3) is 0.731. The van der Waals surface area contributed by atoms with Crippen LogP contribution in [0.4, 0.5) is 5.69 Å². The van der Waals surface area contributed by atoms with E-state index in [-0.39, 0.29) is 29.7 Å². The number of fused-ring (bicyclic) bond motifs is 1. The highest BCUT2D eigenvalue weighted by Gasteiger charge is 2.30. The first kappa shape index (κ1) is 27.7. The maximum Gasteiger partial charge on any atom is 0.257 e. The lowest BCUT2D eigenvalue weighted by atomic mass is 9.88. The summed E-state index contributed by atoms with van der Waals surface area (Å²) in [5, 5.41) is 0. The molecule has 3 atom stereocenters. The molecule has 0 radical (unpaired) electrons. The van der Waals surface area contributed by atoms with E-state index in [0.717, 1.165) is 13.1 Å². The normalized spacial score (nSPS) is 25.8. The van der Waals surface area contributed by atoms with Crippen LogP contribution in [0.1, 0.15) is 63.2 Å². The summed E-state index contributed by atoms with van der Waals surface area (Å²) < 4.78 is 38.8. The second kappa shape index (κ2) is 12.4. The topological polar surface area (TPSA) is 88.2 Å². The number of anilines is 1. The minimum Gasteiger partial charge on any atom is -0.491 e. The Hall–Kier alpha value is -1.84. The van der Waals surface area contributed by atoms with E-state index >= 15 is 0 Å². The van der Waals surface area contributed by atoms with Gasteiger partial charge in [0.1, 0.15) is 12.4 Å². The zero-order valence-corrected chi connectivity index (χ0v) is 22.8. The van der Waals surface area contributed by atoms with Crippen molar-refractivity contribution in [3.63, 3.8) is 0 Å². The zero-order valence-electron chi connectivity index (χ0n) is 22.0. The predicted octanol–water partition coefficient (Wildman–Crippen LogP) is 3.83. The molecular weight excluding hydrogens is 466 g/mol. The summed E-state index contributed by atoms with van der Waals surface area (Å²) in [6, 6.07) is 5.07. The standard InChI is InChI=1S/C26H43N3O5S/c1-6-35(31,32)27-22-12-13-24-23(14-22)26(30)28(4)17-25(33-5)19(2)15-29(20(3)18-34-24)16-21-10-8-7-9-11-21/h12-14,19-21,25,27H,6-11,15-18H2,1-5H3/t19-,20-,25+/m1/s1. The van der Waals surface area contributed by atoms with Gasteiger partial charge in [0, 0.05) is 45.5 Å². The average molecular weight is 510 g/mol. The van der Waals surface area contributed by atoms with Crippen LogP contribution >= 0.6 is 0 Å². The molecule has 0 unspecified atom stereocenters. The Morgan fingerprint density at radius 2 is 1.86 bits per heavy atom. The van der Waals surface area contributed by atoms with E-state index in [2.05, 4.69) is 23.5 Å². The minimum atomic E-state index is -3.46. The second-order valence-electron chi connectivity index (χ2n) is 10.3. The smallest absolute Gasteiger partial charge is 0.257 e. The number of likely N-dealkylation sites (N-methyl/N-ethyl adjacent to an activating group) is 1. The van der Waals surface area contributed by atoms with Gasteiger partial charge in [-0.25, -0.2) is 8.42 Å². The number of carbonyl (C=O) groups excluding carboxylic acids is 1. The first-order valence-electron chi connectivity index (χ1n) is 12.9. The number of ether oxygens (including phenoxy) is 2. The van der Waals surface area contributed by atoms with Gasteiger partial charge >= 0.3 is 0 Å². The third-order valence-electron chi connectivity index (χ3n) is 7.44. The van der Waals surface area contributed by atoms with Gasteiger partial charge in [-0.2, -0.15) is 0 Å². The van der Waals surface area contributed by atoms with Crippen molar-refractivity contribution in [2.24, 2.45) is 11.8 Å². The summed E-state index contributed by atoms with van der Waals surface area (Å²) >= 11 is 0. The van der Waals surface area contributed by atoms with Crippen molar-refractivity contribution < 1.29 is 22.7 Å². The van der Waals surface area contributed by atoms with Crippen LogP contribution in [0.15, 0.2) is 18.2 Å². The van der Waals surface area contributed by atoms with Crippen LogP contribution in [0.3, 0.4) is 0 Å². The number of amides is 1. The summed E-state index contributed by atoms with van der Waals surface area (Å²) in [6.07, 6.45) is 6.40. The predicted molar refractivity (Wildman–Crippen MR) is 140 cm³/mol. The number of nitrogens with one attached hydrogen (secondary N) is 1. The van der Waals surface area contributed by atoms with E-state index < -0.39 is 10.0 Å². The molecule has 9 heteroatoms. The lowest BCUT2D eigenvalue weighted by molar-refractivity contribution is 0.00690. The van der Waals surface area contributed by atoms with Gasteiger partial charge < -0.3 is 14.4 Å². The molecule has 35 heavy (non-hydrogen) atoms. The number of benzene rings is 1. The molecule has 1 aliphatic carbocycles. The van der Waals surface area contributed by atoms with Crippen LogP contribution in [0.5, 0.6) is 5.75 Å². The Morgan fingerprint density at radius 1 is 1.14 bits per heavy atom. The highest BCUT2D eigenvalue weighted by Crippen LogP contribution is 2.29. The van der Waals surface area contributed by atoms with Crippen molar-refractivity contribution in [3.05, 3.63) is 23.8 Å². The quantitative estimate of drug-likeness (QED) is 0.627. The fourth-order valence-corrected chi connectivity index (χ4v) is 5.75. The van der Waals surface area contributed by atoms with E-state index in [0.29, 0.717) is 36.1 Å². The fourth-order valence-electron chi connectivity index (χ4n) is 5.12. The van der Waals surface area contributed by atoms with E-state index in [1.807, 2.05) is 0 Å². The molecular formula is C26H43N3O5S. The summed E-state index contributed by atoms with van der Waals surface area (Å²) in [5.41, 5.74) is 0.699. The lowest BCUT2D eigenvalue weighted by Gasteiger charge is -2.38. The maximum atomic E-state index is 13.4. The number of rotatable bonds is 6. The van der Waals surface area contributed by atoms with Crippen molar-refractivity contribution >= 4 is 21.6 Å². The number of hydrogen-bond acceptors (Lipinski definition) is 6.